The highest BCUT2D eigenvalue weighted by molar-refractivity contribution is 5.34. The lowest BCUT2D eigenvalue weighted by Gasteiger charge is -1.97. The van der Waals surface area contributed by atoms with E-state index in [0.717, 1.165) is 0 Å². The maximum Gasteiger partial charge on any atom is 0.346 e. The third-order valence-corrected chi connectivity index (χ3v) is 1.27. The second-order valence-electron chi connectivity index (χ2n) is 2.07. The van der Waals surface area contributed by atoms with Crippen LogP contribution in [0.5, 0.6) is 0 Å². The molecule has 7 heteroatoms. The number of hydrogen-bond acceptors (Lipinski definition) is 2. The van der Waals surface area contributed by atoms with Gasteiger partial charge in [-0.1, -0.05) is 0 Å². The van der Waals surface area contributed by atoms with Crippen molar-refractivity contribution in [2.24, 2.45) is 0 Å². The van der Waals surface area contributed by atoms with E-state index in [1.165, 1.54) is 0 Å². The minimum absolute atomic E-state index is 0.0995. The van der Waals surface area contributed by atoms with Gasteiger partial charge < -0.3 is 0 Å². The maximum absolute atomic E-state index is 12.5. The summed E-state index contributed by atoms with van der Waals surface area (Å²) in [5, 5.41) is 9.94. The first-order valence-corrected chi connectivity index (χ1v) is 2.92. The van der Waals surface area contributed by atoms with Crippen molar-refractivity contribution < 1.29 is 22.5 Å². The summed E-state index contributed by atoms with van der Waals surface area (Å²) in [7, 11) is 0. The van der Waals surface area contributed by atoms with Crippen molar-refractivity contribution >= 4 is 5.69 Å². The molecular weight excluding hydrogens is 194 g/mol. The van der Waals surface area contributed by atoms with Crippen molar-refractivity contribution in [2.75, 3.05) is 0 Å². The lowest BCUT2D eigenvalue weighted by atomic mass is 10.2. The van der Waals surface area contributed by atoms with Gasteiger partial charge in [0.25, 0.3) is 0 Å². The van der Waals surface area contributed by atoms with Gasteiger partial charge in [0.1, 0.15) is 0 Å². The highest BCUT2D eigenvalue weighted by atomic mass is 19.2. The van der Waals surface area contributed by atoms with E-state index in [1.54, 1.807) is 0 Å². The van der Waals surface area contributed by atoms with E-state index in [2.05, 4.69) is 0 Å². The zero-order chi connectivity index (χ0) is 10.2. The second kappa shape index (κ2) is 3.00. The van der Waals surface area contributed by atoms with Gasteiger partial charge in [-0.2, -0.15) is 8.78 Å². The van der Waals surface area contributed by atoms with Crippen LogP contribution in [0.2, 0.25) is 0 Å². The summed E-state index contributed by atoms with van der Waals surface area (Å²) in [6.45, 7) is 0. The maximum atomic E-state index is 12.5. The Bertz CT molecular complexity index is 353. The van der Waals surface area contributed by atoms with Gasteiger partial charge in [-0.25, -0.2) is 8.78 Å². The number of hydrogen-bond donors (Lipinski definition) is 0. The summed E-state index contributed by atoms with van der Waals surface area (Å²) in [6.07, 6.45) is 0. The molecule has 3 nitrogen and oxygen atoms in total. The van der Waals surface area contributed by atoms with Crippen LogP contribution in [0.3, 0.4) is 0 Å². The largest absolute Gasteiger partial charge is 0.346 e. The molecule has 0 atom stereocenters. The van der Waals surface area contributed by atoms with Crippen molar-refractivity contribution in [3.63, 3.8) is 0 Å². The predicted molar refractivity (Wildman–Crippen MR) is 32.9 cm³/mol. The summed E-state index contributed by atoms with van der Waals surface area (Å²) in [6, 6.07) is -0.0995. The van der Waals surface area contributed by atoms with Gasteiger partial charge in [-0.3, -0.25) is 10.1 Å². The Kier molecular flexibility index (Phi) is 2.18. The monoisotopic (exact) mass is 195 g/mol. The number of halogens is 4. The van der Waals surface area contributed by atoms with Crippen LogP contribution in [0.4, 0.5) is 23.2 Å². The van der Waals surface area contributed by atoms with E-state index >= 15 is 0 Å². The van der Waals surface area contributed by atoms with Crippen molar-refractivity contribution in [3.05, 3.63) is 39.4 Å². The number of benzene rings is 1. The van der Waals surface area contributed by atoms with Crippen LogP contribution in [0.1, 0.15) is 0 Å². The van der Waals surface area contributed by atoms with Crippen molar-refractivity contribution in [1.29, 1.82) is 0 Å². The Morgan fingerprint density at radius 2 is 1.46 bits per heavy atom. The molecule has 0 N–H and O–H groups in total. The summed E-state index contributed by atoms with van der Waals surface area (Å²) < 4.78 is 49.5. The van der Waals surface area contributed by atoms with Gasteiger partial charge in [0, 0.05) is 6.07 Å². The number of rotatable bonds is 1. The summed E-state index contributed by atoms with van der Waals surface area (Å²) in [5.41, 5.74) is -1.82. The second-order valence-corrected chi connectivity index (χ2v) is 2.07. The first kappa shape index (κ1) is 9.43. The zero-order valence-electron chi connectivity index (χ0n) is 5.85. The van der Waals surface area contributed by atoms with Gasteiger partial charge >= 0.3 is 5.69 Å². The lowest BCUT2D eigenvalue weighted by Crippen LogP contribution is -2.02. The van der Waals surface area contributed by atoms with Crippen molar-refractivity contribution in [2.45, 2.75) is 0 Å². The number of nitro benzene ring substituents is 1. The number of nitrogens with zero attached hydrogens (tertiary/aromatic N) is 1. The third kappa shape index (κ3) is 1.44. The number of nitro groups is 1. The van der Waals surface area contributed by atoms with Gasteiger partial charge in [-0.15, -0.1) is 0 Å². The molecule has 13 heavy (non-hydrogen) atoms. The Labute approximate surface area is 68.7 Å². The van der Waals surface area contributed by atoms with Gasteiger partial charge in [0.15, 0.2) is 11.6 Å². The van der Waals surface area contributed by atoms with Gasteiger partial charge in [0.2, 0.25) is 11.6 Å². The average molecular weight is 195 g/mol. The van der Waals surface area contributed by atoms with E-state index < -0.39 is 33.9 Å². The van der Waals surface area contributed by atoms with Crippen LogP contribution in [0.15, 0.2) is 6.07 Å². The molecule has 0 fully saturated rings. The molecule has 0 saturated carbocycles. The van der Waals surface area contributed by atoms with E-state index in [0.29, 0.717) is 0 Å². The first-order valence-electron chi connectivity index (χ1n) is 2.92. The molecule has 0 aromatic heterocycles. The minimum atomic E-state index is -2.01. The quantitative estimate of drug-likeness (QED) is 0.298. The molecule has 1 rings (SSSR count). The highest BCUT2D eigenvalue weighted by Gasteiger charge is 2.28. The van der Waals surface area contributed by atoms with Gasteiger partial charge in [-0.05, 0) is 0 Å². The van der Waals surface area contributed by atoms with Crippen LogP contribution in [-0.2, 0) is 0 Å². The minimum Gasteiger partial charge on any atom is -0.258 e. The summed E-state index contributed by atoms with van der Waals surface area (Å²) in [5.74, 6) is -7.62. The smallest absolute Gasteiger partial charge is 0.258 e. The molecule has 0 amide bonds. The molecule has 0 aliphatic rings. The fourth-order valence-corrected chi connectivity index (χ4v) is 0.721. The SMILES string of the molecule is O=[N+]([O-])c1c(F)c(F)cc(F)c1F. The highest BCUT2D eigenvalue weighted by Crippen LogP contribution is 2.25. The predicted octanol–water partition coefficient (Wildman–Crippen LogP) is 2.15. The normalized spacial score (nSPS) is 10.2. The molecule has 70 valence electrons. The molecule has 0 saturated heterocycles. The van der Waals surface area contributed by atoms with E-state index in [9.17, 15) is 27.7 Å². The fraction of sp³-hybridized carbons (Fsp3) is 0. The average Bonchev–Trinajstić information content (AvgIpc) is 2.01. The molecule has 1 aromatic carbocycles. The van der Waals surface area contributed by atoms with E-state index in [1.807, 2.05) is 0 Å². The standard InChI is InChI=1S/C6HF4NO2/c7-2-1-3(8)5(10)6(4(2)9)11(12)13/h1H. The lowest BCUT2D eigenvalue weighted by molar-refractivity contribution is -0.390. The Morgan fingerprint density at radius 1 is 1.08 bits per heavy atom. The zero-order valence-corrected chi connectivity index (χ0v) is 5.85. The molecule has 0 bridgehead atoms. The van der Waals surface area contributed by atoms with Crippen LogP contribution in [0, 0.1) is 33.4 Å². The van der Waals surface area contributed by atoms with Crippen LogP contribution < -0.4 is 0 Å². The summed E-state index contributed by atoms with van der Waals surface area (Å²) >= 11 is 0. The third-order valence-electron chi connectivity index (χ3n) is 1.27. The topological polar surface area (TPSA) is 43.1 Å². The molecule has 0 heterocycles. The first-order chi connectivity index (χ1) is 5.95. The molecule has 0 aliphatic heterocycles. The van der Waals surface area contributed by atoms with Crippen LogP contribution >= 0.6 is 0 Å². The molecule has 0 unspecified atom stereocenters. The molecule has 1 aromatic rings. The molecular formula is C6HF4NO2. The van der Waals surface area contributed by atoms with E-state index in [4.69, 9.17) is 0 Å². The Morgan fingerprint density at radius 3 is 1.77 bits per heavy atom. The Balaban J connectivity index is 3.56. The Hall–Kier alpha value is -1.66. The molecule has 0 aliphatic carbocycles. The van der Waals surface area contributed by atoms with Crippen molar-refractivity contribution in [1.82, 2.24) is 0 Å². The van der Waals surface area contributed by atoms with E-state index in [-0.39, 0.29) is 6.07 Å². The molecule has 0 radical (unpaired) electrons. The molecule has 0 spiro atoms. The van der Waals surface area contributed by atoms with Crippen LogP contribution in [0.25, 0.3) is 0 Å². The van der Waals surface area contributed by atoms with Crippen LogP contribution in [-0.4, -0.2) is 4.92 Å². The van der Waals surface area contributed by atoms with Gasteiger partial charge in [0.05, 0.1) is 4.92 Å². The van der Waals surface area contributed by atoms with Crippen molar-refractivity contribution in [3.8, 4) is 0 Å². The summed E-state index contributed by atoms with van der Waals surface area (Å²) in [4.78, 5) is 8.41. The fourth-order valence-electron chi connectivity index (χ4n) is 0.721.